The number of rotatable bonds is 4. The summed E-state index contributed by atoms with van der Waals surface area (Å²) in [6.45, 7) is 2.22. The van der Waals surface area contributed by atoms with Gasteiger partial charge in [-0.15, -0.1) is 0 Å². The Balaban J connectivity index is 1.95. The molecule has 2 amide bonds. The number of hydrogen-bond acceptors (Lipinski definition) is 3. The van der Waals surface area contributed by atoms with Gasteiger partial charge in [0.05, 0.1) is 6.54 Å². The van der Waals surface area contributed by atoms with Gasteiger partial charge in [-0.3, -0.25) is 9.59 Å². The number of nitrogens with two attached hydrogens (primary N) is 1. The first kappa shape index (κ1) is 14.5. The molecule has 0 spiro atoms. The highest BCUT2D eigenvalue weighted by Gasteiger charge is 2.21. The highest BCUT2D eigenvalue weighted by Crippen LogP contribution is 2.10. The average molecular weight is 275 g/mol. The van der Waals surface area contributed by atoms with E-state index in [4.69, 9.17) is 5.73 Å². The van der Waals surface area contributed by atoms with Crippen LogP contribution in [0.3, 0.4) is 0 Å². The van der Waals surface area contributed by atoms with E-state index in [1.807, 2.05) is 17.0 Å². The van der Waals surface area contributed by atoms with Crippen molar-refractivity contribution >= 4 is 11.8 Å². The van der Waals surface area contributed by atoms with Crippen LogP contribution in [-0.4, -0.2) is 48.3 Å². The molecule has 5 nitrogen and oxygen atoms in total. The Morgan fingerprint density at radius 3 is 2.35 bits per heavy atom. The second-order valence-electron chi connectivity index (χ2n) is 5.15. The monoisotopic (exact) mass is 275 g/mol. The fourth-order valence-electron chi connectivity index (χ4n) is 2.35. The quantitative estimate of drug-likeness (QED) is 0.885. The van der Waals surface area contributed by atoms with Crippen LogP contribution in [0, 0.1) is 0 Å². The summed E-state index contributed by atoms with van der Waals surface area (Å²) >= 11 is 0. The van der Waals surface area contributed by atoms with Gasteiger partial charge in [0.25, 0.3) is 5.91 Å². The van der Waals surface area contributed by atoms with Crippen molar-refractivity contribution in [1.82, 2.24) is 9.80 Å². The summed E-state index contributed by atoms with van der Waals surface area (Å²) < 4.78 is 0. The molecule has 0 aromatic heterocycles. The molecule has 0 unspecified atom stereocenters. The zero-order valence-electron chi connectivity index (χ0n) is 11.8. The number of carbonyl (C=O) groups is 2. The van der Waals surface area contributed by atoms with E-state index in [2.05, 4.69) is 0 Å². The Labute approximate surface area is 119 Å². The van der Waals surface area contributed by atoms with Crippen molar-refractivity contribution in [1.29, 1.82) is 0 Å². The molecule has 0 saturated carbocycles. The van der Waals surface area contributed by atoms with Crippen molar-refractivity contribution in [3.8, 4) is 0 Å². The summed E-state index contributed by atoms with van der Waals surface area (Å²) in [6.07, 6.45) is 2.12. The molecule has 1 aliphatic rings. The minimum atomic E-state index is -0.138. The molecular weight excluding hydrogens is 254 g/mol. The van der Waals surface area contributed by atoms with Gasteiger partial charge in [0, 0.05) is 32.2 Å². The van der Waals surface area contributed by atoms with Gasteiger partial charge < -0.3 is 15.5 Å². The van der Waals surface area contributed by atoms with Crippen LogP contribution < -0.4 is 5.73 Å². The topological polar surface area (TPSA) is 66.6 Å². The van der Waals surface area contributed by atoms with E-state index in [0.29, 0.717) is 12.1 Å². The van der Waals surface area contributed by atoms with Gasteiger partial charge in [-0.25, -0.2) is 0 Å². The van der Waals surface area contributed by atoms with E-state index in [1.165, 1.54) is 4.90 Å². The number of nitrogens with zero attached hydrogens (tertiary/aromatic N) is 2. The molecule has 0 bridgehead atoms. The van der Waals surface area contributed by atoms with Crippen LogP contribution in [0.2, 0.25) is 0 Å². The number of likely N-dealkylation sites (tertiary alicyclic amines) is 1. The third kappa shape index (κ3) is 3.36. The van der Waals surface area contributed by atoms with Gasteiger partial charge in [0.1, 0.15) is 0 Å². The van der Waals surface area contributed by atoms with Gasteiger partial charge in [0.15, 0.2) is 0 Å². The Morgan fingerprint density at radius 2 is 1.80 bits per heavy atom. The highest BCUT2D eigenvalue weighted by molar-refractivity contribution is 5.96. The van der Waals surface area contributed by atoms with Crippen molar-refractivity contribution < 1.29 is 9.59 Å². The summed E-state index contributed by atoms with van der Waals surface area (Å²) in [6, 6.07) is 7.18. The molecule has 0 radical (unpaired) electrons. The fourth-order valence-corrected chi connectivity index (χ4v) is 2.35. The van der Waals surface area contributed by atoms with Gasteiger partial charge in [-0.05, 0) is 30.5 Å². The smallest absolute Gasteiger partial charge is 0.254 e. The van der Waals surface area contributed by atoms with Crippen molar-refractivity contribution in [2.24, 2.45) is 5.73 Å². The third-order valence-corrected chi connectivity index (χ3v) is 3.61. The Kier molecular flexibility index (Phi) is 4.74. The summed E-state index contributed by atoms with van der Waals surface area (Å²) in [5.74, 6) is -0.113. The lowest BCUT2D eigenvalue weighted by molar-refractivity contribution is -0.130. The SMILES string of the molecule is CN(CC(=O)N1CCCC1)C(=O)c1ccc(CN)cc1. The molecule has 2 N–H and O–H groups in total. The number of amides is 2. The van der Waals surface area contributed by atoms with Gasteiger partial charge in [-0.2, -0.15) is 0 Å². The zero-order valence-corrected chi connectivity index (χ0v) is 11.8. The maximum absolute atomic E-state index is 12.2. The summed E-state index contributed by atoms with van der Waals surface area (Å²) in [4.78, 5) is 27.5. The summed E-state index contributed by atoms with van der Waals surface area (Å²) in [5.41, 5.74) is 7.09. The van der Waals surface area contributed by atoms with Gasteiger partial charge in [0.2, 0.25) is 5.91 Å². The highest BCUT2D eigenvalue weighted by atomic mass is 16.2. The minimum Gasteiger partial charge on any atom is -0.341 e. The second kappa shape index (κ2) is 6.52. The number of carbonyl (C=O) groups excluding carboxylic acids is 2. The number of hydrogen-bond donors (Lipinski definition) is 1. The largest absolute Gasteiger partial charge is 0.341 e. The predicted molar refractivity (Wildman–Crippen MR) is 77.1 cm³/mol. The van der Waals surface area contributed by atoms with E-state index in [1.54, 1.807) is 19.2 Å². The van der Waals surface area contributed by atoms with Crippen LogP contribution in [0.5, 0.6) is 0 Å². The van der Waals surface area contributed by atoms with Crippen LogP contribution in [0.25, 0.3) is 0 Å². The second-order valence-corrected chi connectivity index (χ2v) is 5.15. The number of likely N-dealkylation sites (N-methyl/N-ethyl adjacent to an activating group) is 1. The maximum atomic E-state index is 12.2. The molecule has 5 heteroatoms. The molecule has 1 saturated heterocycles. The summed E-state index contributed by atoms with van der Waals surface area (Å²) in [7, 11) is 1.66. The first-order chi connectivity index (χ1) is 9.61. The van der Waals surface area contributed by atoms with E-state index in [0.717, 1.165) is 31.5 Å². The average Bonchev–Trinajstić information content (AvgIpc) is 3.01. The molecule has 20 heavy (non-hydrogen) atoms. The molecular formula is C15H21N3O2. The van der Waals surface area contributed by atoms with Crippen LogP contribution in [0.15, 0.2) is 24.3 Å². The molecule has 2 rings (SSSR count). The van der Waals surface area contributed by atoms with Crippen LogP contribution in [0.4, 0.5) is 0 Å². The normalized spacial score (nSPS) is 14.4. The molecule has 1 aromatic carbocycles. The fraction of sp³-hybridized carbons (Fsp3) is 0.467. The maximum Gasteiger partial charge on any atom is 0.254 e. The zero-order chi connectivity index (χ0) is 14.5. The van der Waals surface area contributed by atoms with Crippen molar-refractivity contribution in [2.75, 3.05) is 26.7 Å². The molecule has 1 heterocycles. The molecule has 1 aromatic rings. The first-order valence-corrected chi connectivity index (χ1v) is 6.94. The lowest BCUT2D eigenvalue weighted by atomic mass is 10.1. The molecule has 108 valence electrons. The Hall–Kier alpha value is -1.88. The van der Waals surface area contributed by atoms with Crippen LogP contribution >= 0.6 is 0 Å². The first-order valence-electron chi connectivity index (χ1n) is 6.94. The van der Waals surface area contributed by atoms with Gasteiger partial charge >= 0.3 is 0 Å². The van der Waals surface area contributed by atoms with Crippen LogP contribution in [0.1, 0.15) is 28.8 Å². The lowest BCUT2D eigenvalue weighted by Gasteiger charge is -2.21. The van der Waals surface area contributed by atoms with Crippen molar-refractivity contribution in [2.45, 2.75) is 19.4 Å². The van der Waals surface area contributed by atoms with E-state index >= 15 is 0 Å². The third-order valence-electron chi connectivity index (χ3n) is 3.61. The minimum absolute atomic E-state index is 0.0249. The molecule has 0 aliphatic carbocycles. The van der Waals surface area contributed by atoms with E-state index in [9.17, 15) is 9.59 Å². The van der Waals surface area contributed by atoms with Crippen molar-refractivity contribution in [3.63, 3.8) is 0 Å². The molecule has 0 atom stereocenters. The lowest BCUT2D eigenvalue weighted by Crippen LogP contribution is -2.39. The standard InChI is InChI=1S/C15H21N3O2/c1-17(11-14(19)18-8-2-3-9-18)15(20)13-6-4-12(10-16)5-7-13/h4-7H,2-3,8-11,16H2,1H3. The summed E-state index contributed by atoms with van der Waals surface area (Å²) in [5, 5.41) is 0. The van der Waals surface area contributed by atoms with Crippen LogP contribution in [-0.2, 0) is 11.3 Å². The Morgan fingerprint density at radius 1 is 1.20 bits per heavy atom. The van der Waals surface area contributed by atoms with Gasteiger partial charge in [-0.1, -0.05) is 12.1 Å². The number of benzene rings is 1. The predicted octanol–water partition coefficient (Wildman–Crippen LogP) is 0.840. The molecule has 1 fully saturated rings. The Bertz CT molecular complexity index is 478. The molecule has 1 aliphatic heterocycles. The van der Waals surface area contributed by atoms with E-state index < -0.39 is 0 Å². The van der Waals surface area contributed by atoms with E-state index in [-0.39, 0.29) is 18.4 Å². The van der Waals surface area contributed by atoms with Crippen molar-refractivity contribution in [3.05, 3.63) is 35.4 Å².